The van der Waals surface area contributed by atoms with Crippen LogP contribution in [-0.2, 0) is 113 Å². The molecular weight excluding hydrogens is 1320 g/mol. The molecule has 15 atom stereocenters. The van der Waals surface area contributed by atoms with Crippen molar-refractivity contribution in [3.8, 4) is 17.2 Å². The molecule has 11 rings (SSSR count). The number of esters is 1. The topological polar surface area (TPSA) is 262 Å². The maximum Gasteiger partial charge on any atom is 0.337 e. The summed E-state index contributed by atoms with van der Waals surface area (Å²) in [4.78, 5) is 22.8. The number of carbonyl (C=O) groups excluding carboxylic acids is 1. The molecule has 0 N–H and O–H groups in total. The first kappa shape index (κ1) is 74.3. The van der Waals surface area contributed by atoms with Gasteiger partial charge in [0.25, 0.3) is 0 Å². The van der Waals surface area contributed by atoms with Crippen molar-refractivity contribution in [3.05, 3.63) is 284 Å². The summed E-state index contributed by atoms with van der Waals surface area (Å²) in [5.41, 5.74) is 27.1. The van der Waals surface area contributed by atoms with E-state index >= 15 is 4.79 Å². The van der Waals surface area contributed by atoms with Crippen LogP contribution in [0.15, 0.2) is 234 Å². The third-order valence-corrected chi connectivity index (χ3v) is 18.7. The number of ether oxygens (including phenoxy) is 16. The zero-order valence-corrected chi connectivity index (χ0v) is 58.2. The molecule has 0 aliphatic carbocycles. The fourth-order valence-corrected chi connectivity index (χ4v) is 13.3. The zero-order chi connectivity index (χ0) is 70.8. The first-order valence-corrected chi connectivity index (χ1v) is 34.4. The van der Waals surface area contributed by atoms with Crippen molar-refractivity contribution in [1.29, 1.82) is 0 Å². The predicted octanol–water partition coefficient (Wildman–Crippen LogP) is 13.9. The molecule has 24 heteroatoms. The number of methoxy groups -OCH3 is 4. The van der Waals surface area contributed by atoms with Crippen molar-refractivity contribution in [2.45, 2.75) is 149 Å². The van der Waals surface area contributed by atoms with Gasteiger partial charge in [0.1, 0.15) is 83.6 Å². The van der Waals surface area contributed by atoms with Gasteiger partial charge in [-0.3, -0.25) is 0 Å². The Morgan fingerprint density at radius 3 is 1.23 bits per heavy atom. The molecule has 8 aromatic rings. The summed E-state index contributed by atoms with van der Waals surface area (Å²) < 4.78 is 107. The smallest absolute Gasteiger partial charge is 0.337 e. The standard InChI is InChI=1S/C78H84N6O17S/c1-51-26-40-62(41-27-51)102-78-66(82-84-80)70(94-48-58-32-38-61(88-4)39-33-58)68(64(98-78)50-91-43-57-30-36-60(87-3)37-31-57)99-77-74(96-47-55-24-16-9-17-25-55)71(95-46-54-22-14-8-15-23-54)72(73(101-77)75(85)89-5)100-76-65(81-83-79)69(93-45-53-20-12-7-13-21-53)67(92-44-52-18-10-6-11-19-52)63(97-76)49-90-42-56-28-34-59(86-2)35-29-56/h6-41,63-74,76-78H,42-50H2,1-5H3. The van der Waals surface area contributed by atoms with E-state index in [1.165, 1.54) is 18.9 Å². The molecule has 534 valence electrons. The molecule has 3 saturated heterocycles. The molecule has 3 fully saturated rings. The average molecular weight is 1410 g/mol. The van der Waals surface area contributed by atoms with Crippen LogP contribution in [-0.4, -0.2) is 139 Å². The number of carbonyl (C=O) groups is 1. The molecule has 102 heavy (non-hydrogen) atoms. The Bertz CT molecular complexity index is 3910. The van der Waals surface area contributed by atoms with Gasteiger partial charge >= 0.3 is 5.97 Å². The van der Waals surface area contributed by atoms with E-state index in [0.29, 0.717) is 17.2 Å². The fourth-order valence-electron chi connectivity index (χ4n) is 12.2. The molecule has 0 bridgehead atoms. The number of aryl methyl sites for hydroxylation is 1. The highest BCUT2D eigenvalue weighted by Crippen LogP contribution is 2.42. The lowest BCUT2D eigenvalue weighted by Crippen LogP contribution is -2.68. The summed E-state index contributed by atoms with van der Waals surface area (Å²) in [5.74, 6) is 1.08. The Balaban J connectivity index is 1.02. The maximum absolute atomic E-state index is 15.2. The van der Waals surface area contributed by atoms with E-state index < -0.39 is 97.1 Å². The fraction of sp³-hybridized carbons (Fsp3) is 0.372. The van der Waals surface area contributed by atoms with E-state index in [1.807, 2.05) is 225 Å². The first-order valence-electron chi connectivity index (χ1n) is 33.6. The lowest BCUT2D eigenvalue weighted by Gasteiger charge is -2.51. The van der Waals surface area contributed by atoms with E-state index in [0.717, 1.165) is 49.4 Å². The van der Waals surface area contributed by atoms with E-state index in [1.54, 1.807) is 21.3 Å². The summed E-state index contributed by atoms with van der Waals surface area (Å²) in [5, 5.41) is 8.86. The van der Waals surface area contributed by atoms with Gasteiger partial charge in [-0.25, -0.2) is 4.79 Å². The second kappa shape index (κ2) is 38.4. The third-order valence-electron chi connectivity index (χ3n) is 17.5. The molecule has 3 heterocycles. The van der Waals surface area contributed by atoms with Crippen molar-refractivity contribution >= 4 is 17.7 Å². The van der Waals surface area contributed by atoms with Gasteiger partial charge < -0.3 is 75.8 Å². The van der Waals surface area contributed by atoms with Crippen LogP contribution < -0.4 is 14.2 Å². The molecule has 15 unspecified atom stereocenters. The highest BCUT2D eigenvalue weighted by molar-refractivity contribution is 7.99. The molecular formula is C78H84N6O17S. The van der Waals surface area contributed by atoms with E-state index in [2.05, 4.69) is 20.1 Å². The van der Waals surface area contributed by atoms with E-state index in [9.17, 15) is 11.1 Å². The molecule has 0 spiro atoms. The molecule has 8 aromatic carbocycles. The van der Waals surface area contributed by atoms with Gasteiger partial charge in [0.2, 0.25) is 0 Å². The molecule has 0 aromatic heterocycles. The molecule has 0 saturated carbocycles. The Kier molecular flexibility index (Phi) is 28.0. The second-order valence-electron chi connectivity index (χ2n) is 24.5. The average Bonchev–Trinajstić information content (AvgIpc) is 0.758. The van der Waals surface area contributed by atoms with Gasteiger partial charge in [-0.2, -0.15) is 0 Å². The summed E-state index contributed by atoms with van der Waals surface area (Å²) in [6.07, 6.45) is -15.7. The predicted molar refractivity (Wildman–Crippen MR) is 378 cm³/mol. The largest absolute Gasteiger partial charge is 0.497 e. The minimum Gasteiger partial charge on any atom is -0.497 e. The van der Waals surface area contributed by atoms with E-state index in [-0.39, 0.29) is 59.5 Å². The van der Waals surface area contributed by atoms with Crippen LogP contribution in [0.1, 0.15) is 44.5 Å². The van der Waals surface area contributed by atoms with E-state index in [4.69, 9.17) is 75.8 Å². The Labute approximate surface area is 597 Å². The summed E-state index contributed by atoms with van der Waals surface area (Å²) in [6.45, 7) is 2.11. The number of rotatable bonds is 35. The normalized spacial score (nSPS) is 24.7. The van der Waals surface area contributed by atoms with Gasteiger partial charge in [0.05, 0.1) is 94.0 Å². The Morgan fingerprint density at radius 1 is 0.402 bits per heavy atom. The molecule has 23 nitrogen and oxygen atoms in total. The van der Waals surface area contributed by atoms with Crippen molar-refractivity contribution in [1.82, 2.24) is 0 Å². The summed E-state index contributed by atoms with van der Waals surface area (Å²) >= 11 is 1.35. The molecule has 0 amide bonds. The lowest BCUT2D eigenvalue weighted by atomic mass is 9.94. The van der Waals surface area contributed by atoms with Crippen LogP contribution in [0.5, 0.6) is 17.2 Å². The van der Waals surface area contributed by atoms with Gasteiger partial charge in [-0.15, -0.1) is 0 Å². The Morgan fingerprint density at radius 2 is 0.784 bits per heavy atom. The minimum atomic E-state index is -1.74. The molecule has 3 aliphatic rings. The maximum atomic E-state index is 15.2. The summed E-state index contributed by atoms with van der Waals surface area (Å²) in [7, 11) is 6.01. The number of thioether (sulfide) groups is 1. The van der Waals surface area contributed by atoms with Crippen LogP contribution >= 0.6 is 11.8 Å². The van der Waals surface area contributed by atoms with Crippen molar-refractivity contribution in [2.24, 2.45) is 10.2 Å². The lowest BCUT2D eigenvalue weighted by molar-refractivity contribution is -0.368. The quantitative estimate of drug-likeness (QED) is 0.0155. The highest BCUT2D eigenvalue weighted by Gasteiger charge is 2.58. The first-order chi connectivity index (χ1) is 50.1. The number of azide groups is 2. The van der Waals surface area contributed by atoms with Gasteiger partial charge in [0.15, 0.2) is 18.7 Å². The van der Waals surface area contributed by atoms with Gasteiger partial charge in [-0.1, -0.05) is 197 Å². The molecule has 0 radical (unpaired) electrons. The van der Waals surface area contributed by atoms with Crippen LogP contribution in [0.25, 0.3) is 20.9 Å². The van der Waals surface area contributed by atoms with Crippen molar-refractivity contribution < 1.29 is 80.6 Å². The van der Waals surface area contributed by atoms with Crippen molar-refractivity contribution in [2.75, 3.05) is 41.7 Å². The summed E-state index contributed by atoms with van der Waals surface area (Å²) in [6, 6.07) is 65.8. The van der Waals surface area contributed by atoms with Crippen molar-refractivity contribution in [3.63, 3.8) is 0 Å². The van der Waals surface area contributed by atoms with Crippen LogP contribution in [0.4, 0.5) is 0 Å². The number of nitrogens with zero attached hydrogens (tertiary/aromatic N) is 6. The van der Waals surface area contributed by atoms with Crippen LogP contribution in [0.2, 0.25) is 0 Å². The van der Waals surface area contributed by atoms with Gasteiger partial charge in [-0.05, 0) is 105 Å². The highest BCUT2D eigenvalue weighted by atomic mass is 32.2. The zero-order valence-electron chi connectivity index (χ0n) is 57.3. The van der Waals surface area contributed by atoms with Crippen LogP contribution in [0.3, 0.4) is 0 Å². The van der Waals surface area contributed by atoms with Gasteiger partial charge in [0, 0.05) is 14.7 Å². The number of benzene rings is 8. The van der Waals surface area contributed by atoms with Crippen LogP contribution in [0, 0.1) is 6.92 Å². The minimum absolute atomic E-state index is 0.00819. The Hall–Kier alpha value is -8.88. The number of hydrogen-bond acceptors (Lipinski definition) is 20. The second-order valence-corrected chi connectivity index (χ2v) is 25.6. The number of hydrogen-bond donors (Lipinski definition) is 0. The molecule has 3 aliphatic heterocycles. The third kappa shape index (κ3) is 20.5. The SMILES string of the molecule is COC(=O)C1OC(OC2C(COCc3ccc(OC)cc3)OC(Sc3ccc(C)cc3)C(N=[N+]=[N-])C2OCc2ccc(OC)cc2)C(OCc2ccccc2)C(OCc2ccccc2)C1OC1OC(COCc2ccc(OC)cc2)C(OCc2ccccc2)C(OCc2ccccc2)C1N=[N+]=[N-]. The monoisotopic (exact) mass is 1410 g/mol.